The topological polar surface area (TPSA) is 29.1 Å². The van der Waals surface area contributed by atoms with E-state index in [0.29, 0.717) is 5.92 Å². The summed E-state index contributed by atoms with van der Waals surface area (Å²) < 4.78 is 15.4. The Morgan fingerprint density at radius 3 is 2.56 bits per heavy atom. The molecule has 2 nitrogen and oxygen atoms in total. The van der Waals surface area contributed by atoms with Crippen molar-refractivity contribution in [2.45, 2.75) is 37.9 Å². The fourth-order valence-corrected chi connectivity index (χ4v) is 3.43. The lowest BCUT2D eigenvalue weighted by Crippen LogP contribution is -2.18. The van der Waals surface area contributed by atoms with Crippen LogP contribution < -0.4 is 4.72 Å². The highest BCUT2D eigenvalue weighted by Gasteiger charge is 2.31. The third-order valence-electron chi connectivity index (χ3n) is 2.93. The zero-order valence-electron chi connectivity index (χ0n) is 9.90. The van der Waals surface area contributed by atoms with Crippen LogP contribution in [0.15, 0.2) is 24.3 Å². The normalized spacial score (nSPS) is 19.4. The van der Waals surface area contributed by atoms with Crippen molar-refractivity contribution in [1.29, 1.82) is 0 Å². The van der Waals surface area contributed by atoms with Gasteiger partial charge in [-0.05, 0) is 36.3 Å². The van der Waals surface area contributed by atoms with E-state index < -0.39 is 9.71 Å². The lowest BCUT2D eigenvalue weighted by Gasteiger charge is -2.17. The minimum Gasteiger partial charge on any atom is -0.312 e. The van der Waals surface area contributed by atoms with Gasteiger partial charge in [0.1, 0.15) is 0 Å². The molecular formula is C13H19NOS. The third-order valence-corrected chi connectivity index (χ3v) is 5.04. The highest BCUT2D eigenvalue weighted by Crippen LogP contribution is 2.32. The summed E-state index contributed by atoms with van der Waals surface area (Å²) in [7, 11) is -2.15. The van der Waals surface area contributed by atoms with Crippen LogP contribution in [-0.4, -0.2) is 15.3 Å². The van der Waals surface area contributed by atoms with Gasteiger partial charge in [-0.25, -0.2) is 4.21 Å². The predicted molar refractivity (Wildman–Crippen MR) is 72.4 cm³/mol. The van der Waals surface area contributed by atoms with Crippen LogP contribution >= 0.6 is 0 Å². The van der Waals surface area contributed by atoms with E-state index in [0.717, 1.165) is 18.5 Å². The predicted octanol–water partition coefficient (Wildman–Crippen LogP) is 3.02. The first-order valence-corrected chi connectivity index (χ1v) is 7.52. The molecule has 2 rings (SSSR count). The molecule has 1 aromatic carbocycles. The Balaban J connectivity index is 2.27. The van der Waals surface area contributed by atoms with E-state index in [2.05, 4.69) is 30.5 Å². The molecule has 0 aromatic heterocycles. The van der Waals surface area contributed by atoms with Crippen molar-refractivity contribution in [3.8, 4) is 0 Å². The van der Waals surface area contributed by atoms with Crippen LogP contribution in [0.25, 0.3) is 0 Å². The molecule has 1 N–H and O–H groups in total. The van der Waals surface area contributed by atoms with Crippen molar-refractivity contribution >= 4 is 21.3 Å². The molecule has 0 heterocycles. The second-order valence-corrected chi connectivity index (χ2v) is 7.09. The highest BCUT2D eigenvalue weighted by atomic mass is 32.2. The molecule has 0 amide bonds. The summed E-state index contributed by atoms with van der Waals surface area (Å²) in [6.07, 6.45) is 2.08. The van der Waals surface area contributed by atoms with E-state index in [1.54, 1.807) is 0 Å². The monoisotopic (exact) mass is 237 g/mol. The molecule has 1 fully saturated rings. The number of hydrogen-bond donors (Lipinski definition) is 1. The Labute approximate surface area is 98.2 Å². The number of hydrogen-bond acceptors (Lipinski definition) is 1. The maximum atomic E-state index is 12.3. The van der Waals surface area contributed by atoms with Crippen LogP contribution in [0.4, 0.5) is 5.69 Å². The summed E-state index contributed by atoms with van der Waals surface area (Å²) in [6.45, 7) is 4.28. The largest absolute Gasteiger partial charge is 0.312 e. The van der Waals surface area contributed by atoms with E-state index in [1.165, 1.54) is 5.56 Å². The number of rotatable bonds is 4. The van der Waals surface area contributed by atoms with Gasteiger partial charge in [0, 0.05) is 20.6 Å². The van der Waals surface area contributed by atoms with Crippen LogP contribution in [0.2, 0.25) is 0 Å². The van der Waals surface area contributed by atoms with Crippen LogP contribution in [0.5, 0.6) is 0 Å². The van der Waals surface area contributed by atoms with Crippen molar-refractivity contribution in [2.75, 3.05) is 4.72 Å². The number of para-hydroxylation sites is 1. The summed E-state index contributed by atoms with van der Waals surface area (Å²) in [5.74, 6) is 4.27. The van der Waals surface area contributed by atoms with E-state index in [1.807, 2.05) is 18.2 Å². The molecule has 88 valence electrons. The van der Waals surface area contributed by atoms with Gasteiger partial charge in [0.2, 0.25) is 0 Å². The Hall–Kier alpha value is -0.960. The highest BCUT2D eigenvalue weighted by molar-refractivity contribution is 8.02. The molecule has 0 bridgehead atoms. The maximum absolute atomic E-state index is 12.3. The molecule has 1 atom stereocenters. The summed E-state index contributed by atoms with van der Waals surface area (Å²) in [5.41, 5.74) is 2.18. The summed E-state index contributed by atoms with van der Waals surface area (Å²) in [4.78, 5) is 0. The van der Waals surface area contributed by atoms with Gasteiger partial charge >= 0.3 is 0 Å². The molecule has 1 aliphatic rings. The molecule has 1 aromatic rings. The molecule has 16 heavy (non-hydrogen) atoms. The number of anilines is 1. The molecular weight excluding hydrogens is 218 g/mol. The zero-order chi connectivity index (χ0) is 11.8. The Morgan fingerprint density at radius 1 is 1.38 bits per heavy atom. The van der Waals surface area contributed by atoms with Gasteiger partial charge in [-0.1, -0.05) is 32.0 Å². The average Bonchev–Trinajstić information content (AvgIpc) is 3.00. The lowest BCUT2D eigenvalue weighted by atomic mass is 10.0. The van der Waals surface area contributed by atoms with E-state index >= 15 is 0 Å². The first-order chi connectivity index (χ1) is 7.50. The Morgan fingerprint density at radius 2 is 2.00 bits per heavy atom. The molecule has 1 aliphatic carbocycles. The Kier molecular flexibility index (Phi) is 2.98. The van der Waals surface area contributed by atoms with Crippen molar-refractivity contribution in [2.24, 2.45) is 0 Å². The summed E-state index contributed by atoms with van der Waals surface area (Å²) in [5, 5.41) is 0.271. The van der Waals surface area contributed by atoms with Gasteiger partial charge in [0.05, 0.1) is 0 Å². The smallest absolute Gasteiger partial charge is 0.0491 e. The molecule has 3 heteroatoms. The SMILES string of the molecule is C=S(=O)(Nc1ccccc1C(C)C)C1CC1. The van der Waals surface area contributed by atoms with E-state index in [9.17, 15) is 4.21 Å². The Bertz CT molecular complexity index is 472. The van der Waals surface area contributed by atoms with Crippen molar-refractivity contribution < 1.29 is 4.21 Å². The van der Waals surface area contributed by atoms with E-state index in [4.69, 9.17) is 0 Å². The first-order valence-electron chi connectivity index (χ1n) is 5.73. The van der Waals surface area contributed by atoms with Crippen LogP contribution in [0.1, 0.15) is 38.2 Å². The number of benzene rings is 1. The quantitative estimate of drug-likeness (QED) is 0.801. The van der Waals surface area contributed by atoms with Gasteiger partial charge in [-0.15, -0.1) is 0 Å². The first kappa shape index (κ1) is 11.5. The van der Waals surface area contributed by atoms with E-state index in [-0.39, 0.29) is 5.25 Å². The third kappa shape index (κ3) is 2.40. The number of nitrogens with one attached hydrogen (secondary N) is 1. The molecule has 0 aliphatic heterocycles. The second kappa shape index (κ2) is 4.13. The van der Waals surface area contributed by atoms with Crippen LogP contribution in [-0.2, 0) is 9.71 Å². The molecule has 1 unspecified atom stereocenters. The molecule has 1 saturated carbocycles. The fourth-order valence-electron chi connectivity index (χ4n) is 1.81. The molecule has 0 radical (unpaired) electrons. The van der Waals surface area contributed by atoms with Gasteiger partial charge < -0.3 is 4.72 Å². The van der Waals surface area contributed by atoms with Gasteiger partial charge in [0.15, 0.2) is 0 Å². The fraction of sp³-hybridized carbons (Fsp3) is 0.462. The standard InChI is InChI=1S/C13H19NOS/c1-10(2)12-6-4-5-7-13(12)14-16(3,15)11-8-9-11/h4-7,10-11H,3,8-9H2,1-2H3,(H,14,15). The van der Waals surface area contributed by atoms with Gasteiger partial charge in [-0.2, -0.15) is 0 Å². The molecule has 0 saturated heterocycles. The van der Waals surface area contributed by atoms with Crippen LogP contribution in [0, 0.1) is 0 Å². The van der Waals surface area contributed by atoms with Crippen molar-refractivity contribution in [1.82, 2.24) is 0 Å². The summed E-state index contributed by atoms with van der Waals surface area (Å²) in [6, 6.07) is 8.05. The second-order valence-electron chi connectivity index (χ2n) is 4.77. The van der Waals surface area contributed by atoms with Crippen molar-refractivity contribution in [3.05, 3.63) is 29.8 Å². The maximum Gasteiger partial charge on any atom is 0.0491 e. The minimum atomic E-state index is -2.15. The zero-order valence-corrected chi connectivity index (χ0v) is 10.7. The van der Waals surface area contributed by atoms with Crippen molar-refractivity contribution in [3.63, 3.8) is 0 Å². The average molecular weight is 237 g/mol. The van der Waals surface area contributed by atoms with Gasteiger partial charge in [-0.3, -0.25) is 0 Å². The lowest BCUT2D eigenvalue weighted by molar-refractivity contribution is 0.683. The summed E-state index contributed by atoms with van der Waals surface area (Å²) >= 11 is 0. The van der Waals surface area contributed by atoms with Crippen LogP contribution in [0.3, 0.4) is 0 Å². The molecule has 0 spiro atoms. The van der Waals surface area contributed by atoms with Gasteiger partial charge in [0.25, 0.3) is 0 Å². The minimum absolute atomic E-state index is 0.271.